The summed E-state index contributed by atoms with van der Waals surface area (Å²) in [4.78, 5) is 16.7. The zero-order chi connectivity index (χ0) is 14.8. The van der Waals surface area contributed by atoms with E-state index < -0.39 is 0 Å². The van der Waals surface area contributed by atoms with Gasteiger partial charge in [0.25, 0.3) is 0 Å². The number of carbonyl (C=O) groups excluding carboxylic acids is 1. The summed E-state index contributed by atoms with van der Waals surface area (Å²) in [5.41, 5.74) is 3.92. The summed E-state index contributed by atoms with van der Waals surface area (Å²) in [6.45, 7) is 5.40. The second-order valence-electron chi connectivity index (χ2n) is 5.64. The number of imidazole rings is 1. The fourth-order valence-corrected chi connectivity index (χ4v) is 2.83. The number of hydrogen-bond acceptors (Lipinski definition) is 3. The summed E-state index contributed by atoms with van der Waals surface area (Å²) in [6.07, 6.45) is 4.62. The quantitative estimate of drug-likeness (QED) is 0.932. The number of ether oxygens (including phenoxy) is 1. The lowest BCUT2D eigenvalue weighted by Gasteiger charge is -2.11. The van der Waals surface area contributed by atoms with Gasteiger partial charge < -0.3 is 14.5 Å². The van der Waals surface area contributed by atoms with Crippen molar-refractivity contribution in [3.63, 3.8) is 0 Å². The van der Waals surface area contributed by atoms with E-state index in [0.717, 1.165) is 42.0 Å². The Morgan fingerprint density at radius 2 is 2.38 bits per heavy atom. The fourth-order valence-electron chi connectivity index (χ4n) is 2.83. The lowest BCUT2D eigenvalue weighted by Crippen LogP contribution is -2.33. The van der Waals surface area contributed by atoms with E-state index in [2.05, 4.69) is 10.3 Å². The van der Waals surface area contributed by atoms with Crippen LogP contribution in [-0.4, -0.2) is 34.5 Å². The van der Waals surface area contributed by atoms with Gasteiger partial charge in [0.15, 0.2) is 0 Å². The molecule has 0 spiro atoms. The van der Waals surface area contributed by atoms with Crippen LogP contribution in [0.1, 0.15) is 29.8 Å². The van der Waals surface area contributed by atoms with Gasteiger partial charge in [0.05, 0.1) is 23.9 Å². The largest absolute Gasteiger partial charge is 0.376 e. The lowest BCUT2D eigenvalue weighted by molar-refractivity contribution is -0.121. The minimum atomic E-state index is 0.0249. The molecule has 112 valence electrons. The van der Waals surface area contributed by atoms with Gasteiger partial charge in [-0.3, -0.25) is 4.79 Å². The number of nitrogens with zero attached hydrogens (tertiary/aromatic N) is 2. The molecule has 0 bridgehead atoms. The first-order valence-corrected chi connectivity index (χ1v) is 7.46. The Balaban J connectivity index is 1.70. The highest BCUT2D eigenvalue weighted by Gasteiger charge is 2.18. The Bertz CT molecular complexity index is 657. The maximum absolute atomic E-state index is 12.1. The molecule has 3 heterocycles. The van der Waals surface area contributed by atoms with Crippen molar-refractivity contribution in [2.24, 2.45) is 0 Å². The van der Waals surface area contributed by atoms with E-state index in [0.29, 0.717) is 13.0 Å². The average molecular weight is 287 g/mol. The molecule has 1 saturated heterocycles. The Morgan fingerprint density at radius 3 is 3.14 bits per heavy atom. The summed E-state index contributed by atoms with van der Waals surface area (Å²) < 4.78 is 7.53. The molecule has 5 nitrogen and oxygen atoms in total. The van der Waals surface area contributed by atoms with Gasteiger partial charge in [-0.2, -0.15) is 0 Å². The van der Waals surface area contributed by atoms with Crippen molar-refractivity contribution in [2.45, 2.75) is 39.2 Å². The smallest absolute Gasteiger partial charge is 0.226 e. The molecule has 21 heavy (non-hydrogen) atoms. The molecule has 1 aliphatic heterocycles. The van der Waals surface area contributed by atoms with E-state index in [4.69, 9.17) is 4.74 Å². The number of amides is 1. The maximum Gasteiger partial charge on any atom is 0.226 e. The average Bonchev–Trinajstić information content (AvgIpc) is 3.07. The van der Waals surface area contributed by atoms with Gasteiger partial charge in [-0.25, -0.2) is 4.98 Å². The summed E-state index contributed by atoms with van der Waals surface area (Å²) in [5.74, 6) is 0.0249. The third-order valence-corrected chi connectivity index (χ3v) is 4.02. The van der Waals surface area contributed by atoms with E-state index >= 15 is 0 Å². The Labute approximate surface area is 124 Å². The summed E-state index contributed by atoms with van der Waals surface area (Å²) in [6, 6.07) is 4.01. The Kier molecular flexibility index (Phi) is 3.92. The molecule has 1 atom stereocenters. The summed E-state index contributed by atoms with van der Waals surface area (Å²) in [5, 5.41) is 2.96. The van der Waals surface area contributed by atoms with Crippen LogP contribution in [0.2, 0.25) is 0 Å². The number of hydrogen-bond donors (Lipinski definition) is 1. The van der Waals surface area contributed by atoms with Crippen molar-refractivity contribution < 1.29 is 9.53 Å². The van der Waals surface area contributed by atoms with Crippen LogP contribution in [0.5, 0.6) is 0 Å². The molecule has 0 radical (unpaired) electrons. The second kappa shape index (κ2) is 5.85. The predicted octanol–water partition coefficient (Wildman–Crippen LogP) is 1.79. The Hall–Kier alpha value is -1.88. The fraction of sp³-hybridized carbons (Fsp3) is 0.500. The first kappa shape index (κ1) is 14.1. The molecule has 2 aromatic rings. The number of aromatic nitrogens is 2. The van der Waals surface area contributed by atoms with Gasteiger partial charge in [0.2, 0.25) is 5.91 Å². The molecule has 1 fully saturated rings. The number of fused-ring (bicyclic) bond motifs is 1. The summed E-state index contributed by atoms with van der Waals surface area (Å²) >= 11 is 0. The molecule has 2 aromatic heterocycles. The third kappa shape index (κ3) is 2.93. The number of pyridine rings is 1. The van der Waals surface area contributed by atoms with Crippen molar-refractivity contribution in [2.75, 3.05) is 13.2 Å². The van der Waals surface area contributed by atoms with Gasteiger partial charge in [-0.05, 0) is 38.3 Å². The third-order valence-electron chi connectivity index (χ3n) is 4.02. The molecule has 1 amide bonds. The topological polar surface area (TPSA) is 55.6 Å². The van der Waals surface area contributed by atoms with E-state index in [1.54, 1.807) is 0 Å². The molecule has 1 aliphatic rings. The van der Waals surface area contributed by atoms with Crippen LogP contribution in [0.25, 0.3) is 5.65 Å². The molecule has 1 unspecified atom stereocenters. The first-order chi connectivity index (χ1) is 10.1. The van der Waals surface area contributed by atoms with Crippen LogP contribution in [0.3, 0.4) is 0 Å². The summed E-state index contributed by atoms with van der Waals surface area (Å²) in [7, 11) is 0. The van der Waals surface area contributed by atoms with E-state index in [1.165, 1.54) is 0 Å². The van der Waals surface area contributed by atoms with Crippen LogP contribution in [0.15, 0.2) is 18.3 Å². The lowest BCUT2D eigenvalue weighted by atomic mass is 10.2. The van der Waals surface area contributed by atoms with Gasteiger partial charge >= 0.3 is 0 Å². The standard InChI is InChI=1S/C16H21N3O2/c1-11-5-3-7-19-14(12(2)18-16(11)19)9-15(20)17-10-13-6-4-8-21-13/h3,5,7,13H,4,6,8-10H2,1-2H3,(H,17,20). The van der Waals surface area contributed by atoms with Crippen molar-refractivity contribution in [3.8, 4) is 0 Å². The van der Waals surface area contributed by atoms with E-state index in [-0.39, 0.29) is 12.0 Å². The van der Waals surface area contributed by atoms with Crippen LogP contribution in [-0.2, 0) is 16.0 Å². The SMILES string of the molecule is Cc1nc2c(C)cccn2c1CC(=O)NCC1CCCO1. The minimum absolute atomic E-state index is 0.0249. The molecule has 1 N–H and O–H groups in total. The first-order valence-electron chi connectivity index (χ1n) is 7.46. The highest BCUT2D eigenvalue weighted by atomic mass is 16.5. The van der Waals surface area contributed by atoms with Crippen molar-refractivity contribution >= 4 is 11.6 Å². The van der Waals surface area contributed by atoms with Crippen LogP contribution >= 0.6 is 0 Å². The number of carbonyl (C=O) groups is 1. The van der Waals surface area contributed by atoms with Crippen LogP contribution < -0.4 is 5.32 Å². The zero-order valence-electron chi connectivity index (χ0n) is 12.6. The second-order valence-corrected chi connectivity index (χ2v) is 5.64. The normalized spacial score (nSPS) is 18.3. The van der Waals surface area contributed by atoms with Crippen molar-refractivity contribution in [1.82, 2.24) is 14.7 Å². The predicted molar refractivity (Wildman–Crippen MR) is 80.4 cm³/mol. The number of rotatable bonds is 4. The zero-order valence-corrected chi connectivity index (χ0v) is 12.6. The number of aryl methyl sites for hydroxylation is 2. The van der Waals surface area contributed by atoms with Crippen LogP contribution in [0.4, 0.5) is 0 Å². The van der Waals surface area contributed by atoms with Crippen molar-refractivity contribution in [1.29, 1.82) is 0 Å². The number of nitrogens with one attached hydrogen (secondary N) is 1. The highest BCUT2D eigenvalue weighted by molar-refractivity contribution is 5.78. The Morgan fingerprint density at radius 1 is 1.52 bits per heavy atom. The minimum Gasteiger partial charge on any atom is -0.376 e. The molecular formula is C16H21N3O2. The molecule has 0 aromatic carbocycles. The van der Waals surface area contributed by atoms with E-state index in [1.807, 2.05) is 36.6 Å². The van der Waals surface area contributed by atoms with Gasteiger partial charge in [0, 0.05) is 19.3 Å². The molecule has 5 heteroatoms. The monoisotopic (exact) mass is 287 g/mol. The molecule has 0 aliphatic carbocycles. The molecular weight excluding hydrogens is 266 g/mol. The highest BCUT2D eigenvalue weighted by Crippen LogP contribution is 2.16. The molecule has 3 rings (SSSR count). The van der Waals surface area contributed by atoms with Gasteiger partial charge in [-0.1, -0.05) is 6.07 Å². The van der Waals surface area contributed by atoms with Gasteiger partial charge in [-0.15, -0.1) is 0 Å². The maximum atomic E-state index is 12.1. The van der Waals surface area contributed by atoms with Crippen LogP contribution in [0, 0.1) is 13.8 Å². The van der Waals surface area contributed by atoms with Crippen molar-refractivity contribution in [3.05, 3.63) is 35.3 Å². The van der Waals surface area contributed by atoms with E-state index in [9.17, 15) is 4.79 Å². The van der Waals surface area contributed by atoms with Gasteiger partial charge in [0.1, 0.15) is 5.65 Å². The molecule has 0 saturated carbocycles.